The van der Waals surface area contributed by atoms with Gasteiger partial charge in [0.15, 0.2) is 0 Å². The predicted octanol–water partition coefficient (Wildman–Crippen LogP) is 4.09. The molecule has 0 aromatic heterocycles. The quantitative estimate of drug-likeness (QED) is 0.376. The van der Waals surface area contributed by atoms with Crippen LogP contribution >= 0.6 is 0 Å². The van der Waals surface area contributed by atoms with Gasteiger partial charge in [-0.1, -0.05) is 56.5 Å². The minimum absolute atomic E-state index is 0.101. The van der Waals surface area contributed by atoms with Crippen molar-refractivity contribution in [3.63, 3.8) is 0 Å². The number of hydrogen-bond acceptors (Lipinski definition) is 2. The van der Waals surface area contributed by atoms with Crippen molar-refractivity contribution in [2.75, 3.05) is 6.54 Å². The normalized spacial score (nSPS) is 12.3. The molecule has 0 saturated carbocycles. The Morgan fingerprint density at radius 1 is 1.17 bits per heavy atom. The van der Waals surface area contributed by atoms with Gasteiger partial charge in [-0.3, -0.25) is 10.1 Å². The maximum atomic E-state index is 10.5. The first kappa shape index (κ1) is 14.7. The smallest absolute Gasteiger partial charge is 0.204 e. The Hall–Kier alpha value is -1.38. The van der Waals surface area contributed by atoms with Crippen LogP contribution in [0.1, 0.15) is 44.6 Å². The van der Waals surface area contributed by atoms with Crippen LogP contribution in [0.3, 0.4) is 0 Å². The van der Waals surface area contributed by atoms with Crippen LogP contribution in [0.15, 0.2) is 30.3 Å². The average molecular weight is 249 g/mol. The lowest BCUT2D eigenvalue weighted by atomic mass is 9.91. The Morgan fingerprint density at radius 3 is 2.50 bits per heavy atom. The van der Waals surface area contributed by atoms with E-state index in [1.807, 2.05) is 18.2 Å². The summed E-state index contributed by atoms with van der Waals surface area (Å²) in [5, 5.41) is 10.5. The SMILES string of the molecule is CCCCCC(CC[N+](=O)[O-])Cc1ccccc1. The number of rotatable bonds is 9. The molecule has 0 bridgehead atoms. The molecule has 0 saturated heterocycles. The summed E-state index contributed by atoms with van der Waals surface area (Å²) in [7, 11) is 0. The van der Waals surface area contributed by atoms with Gasteiger partial charge in [-0.05, 0) is 24.3 Å². The summed E-state index contributed by atoms with van der Waals surface area (Å²) in [5.74, 6) is 0.448. The van der Waals surface area contributed by atoms with E-state index in [2.05, 4.69) is 19.1 Å². The summed E-state index contributed by atoms with van der Waals surface area (Å²) in [6.45, 7) is 2.28. The van der Waals surface area contributed by atoms with Crippen LogP contribution in [0.5, 0.6) is 0 Å². The molecule has 0 aliphatic rings. The van der Waals surface area contributed by atoms with Crippen molar-refractivity contribution in [1.29, 1.82) is 0 Å². The largest absolute Gasteiger partial charge is 0.265 e. The van der Waals surface area contributed by atoms with E-state index >= 15 is 0 Å². The number of benzene rings is 1. The highest BCUT2D eigenvalue weighted by Gasteiger charge is 2.12. The summed E-state index contributed by atoms with van der Waals surface area (Å²) in [4.78, 5) is 10.3. The van der Waals surface area contributed by atoms with Crippen molar-refractivity contribution >= 4 is 0 Å². The minimum atomic E-state index is -0.197. The van der Waals surface area contributed by atoms with E-state index in [-0.39, 0.29) is 11.5 Å². The lowest BCUT2D eigenvalue weighted by Gasteiger charge is -2.14. The molecule has 0 N–H and O–H groups in total. The highest BCUT2D eigenvalue weighted by molar-refractivity contribution is 5.15. The molecular weight excluding hydrogens is 226 g/mol. The molecule has 1 unspecified atom stereocenters. The Kier molecular flexibility index (Phi) is 7.07. The van der Waals surface area contributed by atoms with Crippen LogP contribution in [0.25, 0.3) is 0 Å². The van der Waals surface area contributed by atoms with Crippen LogP contribution in [-0.2, 0) is 6.42 Å². The van der Waals surface area contributed by atoms with Gasteiger partial charge in [0.1, 0.15) is 0 Å². The van der Waals surface area contributed by atoms with E-state index in [1.165, 1.54) is 24.8 Å². The molecule has 18 heavy (non-hydrogen) atoms. The van der Waals surface area contributed by atoms with Gasteiger partial charge < -0.3 is 0 Å². The number of unbranched alkanes of at least 4 members (excludes halogenated alkanes) is 2. The fraction of sp³-hybridized carbons (Fsp3) is 0.600. The van der Waals surface area contributed by atoms with Gasteiger partial charge in [0.25, 0.3) is 0 Å². The monoisotopic (exact) mass is 249 g/mol. The molecule has 0 spiro atoms. The molecule has 1 rings (SSSR count). The second kappa shape index (κ2) is 8.67. The molecule has 100 valence electrons. The summed E-state index contributed by atoms with van der Waals surface area (Å²) >= 11 is 0. The molecule has 0 radical (unpaired) electrons. The van der Waals surface area contributed by atoms with E-state index in [0.29, 0.717) is 12.3 Å². The molecule has 1 atom stereocenters. The van der Waals surface area contributed by atoms with Gasteiger partial charge in [-0.15, -0.1) is 0 Å². The second-order valence-corrected chi connectivity index (χ2v) is 4.90. The fourth-order valence-electron chi connectivity index (χ4n) is 2.27. The zero-order valence-corrected chi connectivity index (χ0v) is 11.2. The van der Waals surface area contributed by atoms with Crippen LogP contribution in [0.2, 0.25) is 0 Å². The molecule has 3 nitrogen and oxygen atoms in total. The number of nitrogens with zero attached hydrogens (tertiary/aromatic N) is 1. The van der Waals surface area contributed by atoms with E-state index in [9.17, 15) is 10.1 Å². The Bertz CT molecular complexity index is 338. The van der Waals surface area contributed by atoms with Crippen molar-refractivity contribution in [3.8, 4) is 0 Å². The summed E-state index contributed by atoms with van der Waals surface area (Å²) in [6.07, 6.45) is 6.39. The van der Waals surface area contributed by atoms with Crippen LogP contribution in [0.4, 0.5) is 0 Å². The Morgan fingerprint density at radius 2 is 1.89 bits per heavy atom. The maximum absolute atomic E-state index is 10.5. The van der Waals surface area contributed by atoms with Crippen LogP contribution in [-0.4, -0.2) is 11.5 Å². The van der Waals surface area contributed by atoms with Gasteiger partial charge in [-0.25, -0.2) is 0 Å². The van der Waals surface area contributed by atoms with E-state index in [1.54, 1.807) is 0 Å². The topological polar surface area (TPSA) is 43.1 Å². The van der Waals surface area contributed by atoms with Crippen molar-refractivity contribution in [3.05, 3.63) is 46.0 Å². The van der Waals surface area contributed by atoms with Crippen molar-refractivity contribution in [2.45, 2.75) is 45.4 Å². The zero-order valence-electron chi connectivity index (χ0n) is 11.2. The molecule has 1 aromatic rings. The summed E-state index contributed by atoms with van der Waals surface area (Å²) in [5.41, 5.74) is 1.29. The van der Waals surface area contributed by atoms with E-state index in [0.717, 1.165) is 12.8 Å². The molecule has 0 aliphatic carbocycles. The molecule has 0 heterocycles. The Balaban J connectivity index is 2.45. The number of nitro groups is 1. The second-order valence-electron chi connectivity index (χ2n) is 4.90. The molecule has 0 amide bonds. The molecule has 0 aliphatic heterocycles. The van der Waals surface area contributed by atoms with E-state index < -0.39 is 0 Å². The minimum Gasteiger partial charge on any atom is -0.265 e. The fourth-order valence-corrected chi connectivity index (χ4v) is 2.27. The van der Waals surface area contributed by atoms with Gasteiger partial charge in [0, 0.05) is 11.3 Å². The molecule has 0 fully saturated rings. The lowest BCUT2D eigenvalue weighted by molar-refractivity contribution is -0.481. The predicted molar refractivity (Wildman–Crippen MR) is 74.3 cm³/mol. The van der Waals surface area contributed by atoms with Crippen LogP contribution < -0.4 is 0 Å². The molecule has 3 heteroatoms. The zero-order chi connectivity index (χ0) is 13.2. The first-order valence-electron chi connectivity index (χ1n) is 6.88. The third-order valence-corrected chi connectivity index (χ3v) is 3.30. The third-order valence-electron chi connectivity index (χ3n) is 3.30. The first-order chi connectivity index (χ1) is 8.72. The van der Waals surface area contributed by atoms with Crippen molar-refractivity contribution in [2.24, 2.45) is 5.92 Å². The van der Waals surface area contributed by atoms with Gasteiger partial charge >= 0.3 is 0 Å². The standard InChI is InChI=1S/C15H23NO2/c1-2-3-5-8-15(11-12-16(17)18)13-14-9-6-4-7-10-14/h4,6-7,9-10,15H,2-3,5,8,11-13H2,1H3. The van der Waals surface area contributed by atoms with Gasteiger partial charge in [-0.2, -0.15) is 0 Å². The summed E-state index contributed by atoms with van der Waals surface area (Å²) in [6, 6.07) is 10.3. The van der Waals surface area contributed by atoms with Crippen molar-refractivity contribution < 1.29 is 4.92 Å². The highest BCUT2D eigenvalue weighted by atomic mass is 16.6. The third kappa shape index (κ3) is 6.38. The first-order valence-corrected chi connectivity index (χ1v) is 6.88. The van der Waals surface area contributed by atoms with Crippen molar-refractivity contribution in [1.82, 2.24) is 0 Å². The van der Waals surface area contributed by atoms with Crippen LogP contribution in [0, 0.1) is 16.0 Å². The number of hydrogen-bond donors (Lipinski definition) is 0. The molecular formula is C15H23NO2. The summed E-state index contributed by atoms with van der Waals surface area (Å²) < 4.78 is 0. The molecule has 1 aromatic carbocycles. The Labute approximate surface area is 109 Å². The lowest BCUT2D eigenvalue weighted by Crippen LogP contribution is -2.11. The average Bonchev–Trinajstić information content (AvgIpc) is 2.37. The van der Waals surface area contributed by atoms with Gasteiger partial charge in [0.05, 0.1) is 0 Å². The van der Waals surface area contributed by atoms with E-state index in [4.69, 9.17) is 0 Å². The maximum Gasteiger partial charge on any atom is 0.204 e. The van der Waals surface area contributed by atoms with Gasteiger partial charge in [0.2, 0.25) is 6.54 Å². The highest BCUT2D eigenvalue weighted by Crippen LogP contribution is 2.19.